The van der Waals surface area contributed by atoms with Crippen molar-refractivity contribution in [1.29, 1.82) is 0 Å². The van der Waals surface area contributed by atoms with Gasteiger partial charge < -0.3 is 5.32 Å². The van der Waals surface area contributed by atoms with E-state index in [1.165, 1.54) is 24.3 Å². The van der Waals surface area contributed by atoms with Crippen LogP contribution in [0.1, 0.15) is 31.1 Å². The zero-order valence-electron chi connectivity index (χ0n) is 13.9. The first-order valence-corrected chi connectivity index (χ1v) is 9.24. The van der Waals surface area contributed by atoms with E-state index in [1.807, 2.05) is 0 Å². The number of halogens is 2. The van der Waals surface area contributed by atoms with E-state index in [2.05, 4.69) is 10.0 Å². The van der Waals surface area contributed by atoms with E-state index < -0.39 is 27.3 Å². The van der Waals surface area contributed by atoms with Crippen molar-refractivity contribution >= 4 is 33.2 Å². The SMILES string of the molecule is CC(C)(C)NS(=O)(=O)c1ccc(NC(=O)c2cccc(Cl)c2)c(F)c1. The Balaban J connectivity index is 2.24. The Morgan fingerprint density at radius 2 is 1.80 bits per heavy atom. The van der Waals surface area contributed by atoms with Crippen LogP contribution >= 0.6 is 11.6 Å². The molecule has 2 aromatic carbocycles. The maximum atomic E-state index is 14.2. The number of benzene rings is 2. The Morgan fingerprint density at radius 1 is 1.12 bits per heavy atom. The molecule has 0 heterocycles. The van der Waals surface area contributed by atoms with Crippen molar-refractivity contribution in [2.24, 2.45) is 0 Å². The third kappa shape index (κ3) is 5.26. The van der Waals surface area contributed by atoms with Gasteiger partial charge >= 0.3 is 0 Å². The zero-order chi connectivity index (χ0) is 18.8. The number of nitrogens with one attached hydrogen (secondary N) is 2. The average Bonchev–Trinajstić information content (AvgIpc) is 2.46. The summed E-state index contributed by atoms with van der Waals surface area (Å²) in [5.74, 6) is -1.41. The molecule has 0 radical (unpaired) electrons. The maximum Gasteiger partial charge on any atom is 0.255 e. The molecule has 0 aromatic heterocycles. The molecule has 5 nitrogen and oxygen atoms in total. The highest BCUT2D eigenvalue weighted by atomic mass is 35.5. The van der Waals surface area contributed by atoms with Gasteiger partial charge in [-0.05, 0) is 57.2 Å². The number of hydrogen-bond acceptors (Lipinski definition) is 3. The highest BCUT2D eigenvalue weighted by Crippen LogP contribution is 2.21. The fraction of sp³-hybridized carbons (Fsp3) is 0.235. The lowest BCUT2D eigenvalue weighted by Crippen LogP contribution is -2.40. The van der Waals surface area contributed by atoms with Crippen LogP contribution in [0.25, 0.3) is 0 Å². The molecule has 0 atom stereocenters. The molecule has 0 aliphatic heterocycles. The second kappa shape index (κ2) is 7.11. The minimum Gasteiger partial charge on any atom is -0.319 e. The van der Waals surface area contributed by atoms with Crippen LogP contribution in [0.2, 0.25) is 5.02 Å². The fourth-order valence-electron chi connectivity index (χ4n) is 2.05. The van der Waals surface area contributed by atoms with E-state index in [1.54, 1.807) is 32.9 Å². The molecule has 0 aliphatic carbocycles. The Labute approximate surface area is 151 Å². The number of hydrogen-bond donors (Lipinski definition) is 2. The van der Waals surface area contributed by atoms with Gasteiger partial charge in [0.05, 0.1) is 10.6 Å². The third-order valence-electron chi connectivity index (χ3n) is 3.03. The highest BCUT2D eigenvalue weighted by molar-refractivity contribution is 7.89. The Morgan fingerprint density at radius 3 is 2.36 bits per heavy atom. The summed E-state index contributed by atoms with van der Waals surface area (Å²) in [4.78, 5) is 11.9. The van der Waals surface area contributed by atoms with Crippen LogP contribution < -0.4 is 10.0 Å². The van der Waals surface area contributed by atoms with Crippen molar-refractivity contribution in [1.82, 2.24) is 4.72 Å². The van der Waals surface area contributed by atoms with Gasteiger partial charge in [-0.25, -0.2) is 17.5 Å². The average molecular weight is 385 g/mol. The van der Waals surface area contributed by atoms with Gasteiger partial charge in [0.25, 0.3) is 5.91 Å². The summed E-state index contributed by atoms with van der Waals surface area (Å²) in [6.07, 6.45) is 0. The molecule has 0 saturated carbocycles. The minimum atomic E-state index is -3.86. The lowest BCUT2D eigenvalue weighted by molar-refractivity contribution is 0.102. The summed E-state index contributed by atoms with van der Waals surface area (Å²) in [5, 5.41) is 2.77. The van der Waals surface area contributed by atoms with Crippen LogP contribution in [0.5, 0.6) is 0 Å². The van der Waals surface area contributed by atoms with E-state index in [-0.39, 0.29) is 16.1 Å². The second-order valence-electron chi connectivity index (χ2n) is 6.46. The zero-order valence-corrected chi connectivity index (χ0v) is 15.5. The van der Waals surface area contributed by atoms with Crippen LogP contribution in [-0.4, -0.2) is 19.9 Å². The van der Waals surface area contributed by atoms with E-state index in [4.69, 9.17) is 11.6 Å². The Kier molecular flexibility index (Phi) is 5.51. The molecule has 2 aromatic rings. The van der Waals surface area contributed by atoms with E-state index >= 15 is 0 Å². The largest absolute Gasteiger partial charge is 0.319 e. The number of amides is 1. The number of carbonyl (C=O) groups excluding carboxylic acids is 1. The molecule has 2 N–H and O–H groups in total. The predicted molar refractivity (Wildman–Crippen MR) is 95.9 cm³/mol. The standard InChI is InChI=1S/C17H18ClFN2O3S/c1-17(2,3)21-25(23,24)13-7-8-15(14(19)10-13)20-16(22)11-5-4-6-12(18)9-11/h4-10,21H,1-3H3,(H,20,22). The van der Waals surface area contributed by atoms with Crippen molar-refractivity contribution < 1.29 is 17.6 Å². The molecule has 0 bridgehead atoms. The number of sulfonamides is 1. The molecule has 0 fully saturated rings. The quantitative estimate of drug-likeness (QED) is 0.841. The molecule has 2 rings (SSSR count). The Bertz CT molecular complexity index is 908. The first kappa shape index (κ1) is 19.4. The van der Waals surface area contributed by atoms with Gasteiger partial charge in [-0.3, -0.25) is 4.79 Å². The van der Waals surface area contributed by atoms with Gasteiger partial charge in [0.2, 0.25) is 10.0 Å². The molecule has 134 valence electrons. The molecule has 0 spiro atoms. The summed E-state index contributed by atoms with van der Waals surface area (Å²) in [6.45, 7) is 5.04. The second-order valence-corrected chi connectivity index (χ2v) is 8.58. The van der Waals surface area contributed by atoms with Crippen LogP contribution in [0.15, 0.2) is 47.4 Å². The normalized spacial score (nSPS) is 12.0. The molecule has 0 saturated heterocycles. The number of carbonyl (C=O) groups is 1. The van der Waals surface area contributed by atoms with Gasteiger partial charge in [0, 0.05) is 16.1 Å². The predicted octanol–water partition coefficient (Wildman–Crippen LogP) is 3.81. The summed E-state index contributed by atoms with van der Waals surface area (Å²) in [7, 11) is -3.86. The van der Waals surface area contributed by atoms with E-state index in [0.717, 1.165) is 6.07 Å². The van der Waals surface area contributed by atoms with Crippen molar-refractivity contribution in [3.63, 3.8) is 0 Å². The maximum absolute atomic E-state index is 14.2. The molecule has 0 aliphatic rings. The van der Waals surface area contributed by atoms with Crippen LogP contribution in [-0.2, 0) is 10.0 Å². The van der Waals surface area contributed by atoms with Gasteiger partial charge in [0.1, 0.15) is 5.82 Å². The number of anilines is 1. The Hall–Kier alpha value is -1.96. The van der Waals surface area contributed by atoms with E-state index in [0.29, 0.717) is 5.02 Å². The first-order valence-electron chi connectivity index (χ1n) is 7.38. The molecule has 25 heavy (non-hydrogen) atoms. The smallest absolute Gasteiger partial charge is 0.255 e. The number of rotatable bonds is 4. The molecular formula is C17H18ClFN2O3S. The third-order valence-corrected chi connectivity index (χ3v) is 5.02. The summed E-state index contributed by atoms with van der Waals surface area (Å²) in [5.41, 5.74) is -0.563. The van der Waals surface area contributed by atoms with Gasteiger partial charge in [0.15, 0.2) is 0 Å². The van der Waals surface area contributed by atoms with Gasteiger partial charge in [-0.2, -0.15) is 0 Å². The van der Waals surface area contributed by atoms with E-state index in [9.17, 15) is 17.6 Å². The minimum absolute atomic E-state index is 0.125. The summed E-state index contributed by atoms with van der Waals surface area (Å²) < 4.78 is 41.1. The van der Waals surface area contributed by atoms with Gasteiger partial charge in [-0.15, -0.1) is 0 Å². The highest BCUT2D eigenvalue weighted by Gasteiger charge is 2.23. The molecule has 8 heteroatoms. The van der Waals surface area contributed by atoms with Crippen molar-refractivity contribution in [2.45, 2.75) is 31.2 Å². The lowest BCUT2D eigenvalue weighted by Gasteiger charge is -2.20. The topological polar surface area (TPSA) is 75.3 Å². The van der Waals surface area contributed by atoms with Crippen LogP contribution in [0.4, 0.5) is 10.1 Å². The van der Waals surface area contributed by atoms with Crippen LogP contribution in [0.3, 0.4) is 0 Å². The monoisotopic (exact) mass is 384 g/mol. The van der Waals surface area contributed by atoms with Gasteiger partial charge in [-0.1, -0.05) is 17.7 Å². The first-order chi connectivity index (χ1) is 11.5. The summed E-state index contributed by atoms with van der Waals surface area (Å²) in [6, 6.07) is 9.48. The fourth-order valence-corrected chi connectivity index (χ4v) is 3.67. The van der Waals surface area contributed by atoms with Crippen molar-refractivity contribution in [2.75, 3.05) is 5.32 Å². The van der Waals surface area contributed by atoms with Crippen LogP contribution in [0, 0.1) is 5.82 Å². The summed E-state index contributed by atoms with van der Waals surface area (Å²) >= 11 is 5.82. The van der Waals surface area contributed by atoms with Crippen molar-refractivity contribution in [3.05, 3.63) is 58.9 Å². The molecular weight excluding hydrogens is 367 g/mol. The molecule has 1 amide bonds. The van der Waals surface area contributed by atoms with Crippen molar-refractivity contribution in [3.8, 4) is 0 Å². The lowest BCUT2D eigenvalue weighted by atomic mass is 10.1. The molecule has 0 unspecified atom stereocenters.